The van der Waals surface area contributed by atoms with Crippen molar-refractivity contribution in [3.63, 3.8) is 0 Å². The van der Waals surface area contributed by atoms with Gasteiger partial charge in [0.1, 0.15) is 29.9 Å². The van der Waals surface area contributed by atoms with Crippen LogP contribution in [0.3, 0.4) is 0 Å². The largest absolute Gasteiger partial charge is 0.497 e. The van der Waals surface area contributed by atoms with E-state index in [1.807, 2.05) is 51.1 Å². The number of carbonyl (C=O) groups excluding carboxylic acids is 2. The molecule has 42 heavy (non-hydrogen) atoms. The monoisotopic (exact) mass is 599 g/mol. The van der Waals surface area contributed by atoms with Crippen LogP contribution in [0.5, 0.6) is 11.5 Å². The SMILES string of the molecule is COc1ccc(N(CC(=O)N(Cc2ccccc2F)[C@H](Cc2ccccc2)C(=O)NC(C)(C)C)S(C)(=O)=O)c(OC)c1. The standard InChI is InChI=1S/C31H38FN3O6S/c1-31(2,3)33-30(37)27(18-22-12-8-7-9-13-22)34(20-23-14-10-11-15-25(23)32)29(36)21-35(42(6,38)39)26-17-16-24(40-4)19-28(26)41-5/h7-17,19,27H,18,20-21H2,1-6H3,(H,33,37)/t27-/m1/s1. The van der Waals surface area contributed by atoms with Gasteiger partial charge >= 0.3 is 0 Å². The third kappa shape index (κ3) is 8.69. The lowest BCUT2D eigenvalue weighted by molar-refractivity contribution is -0.140. The zero-order valence-electron chi connectivity index (χ0n) is 24.8. The molecule has 0 aliphatic carbocycles. The van der Waals surface area contributed by atoms with Gasteiger partial charge in [-0.25, -0.2) is 12.8 Å². The lowest BCUT2D eigenvalue weighted by atomic mass is 10.0. The lowest BCUT2D eigenvalue weighted by Gasteiger charge is -2.35. The van der Waals surface area contributed by atoms with Gasteiger partial charge in [0, 0.05) is 30.1 Å². The second-order valence-electron chi connectivity index (χ2n) is 10.9. The molecule has 226 valence electrons. The Morgan fingerprint density at radius 1 is 0.952 bits per heavy atom. The summed E-state index contributed by atoms with van der Waals surface area (Å²) in [5, 5.41) is 2.93. The number of nitrogens with one attached hydrogen (secondary N) is 1. The van der Waals surface area contributed by atoms with Crippen molar-refractivity contribution in [1.82, 2.24) is 10.2 Å². The molecule has 0 unspecified atom stereocenters. The minimum absolute atomic E-state index is 0.110. The molecule has 9 nitrogen and oxygen atoms in total. The van der Waals surface area contributed by atoms with Gasteiger partial charge in [0.15, 0.2) is 0 Å². The first kappa shape index (κ1) is 32.4. The number of hydrogen-bond acceptors (Lipinski definition) is 6. The summed E-state index contributed by atoms with van der Waals surface area (Å²) < 4.78 is 52.5. The summed E-state index contributed by atoms with van der Waals surface area (Å²) >= 11 is 0. The fourth-order valence-electron chi connectivity index (χ4n) is 4.40. The molecule has 0 saturated heterocycles. The highest BCUT2D eigenvalue weighted by molar-refractivity contribution is 7.92. The maximum atomic E-state index is 14.9. The van der Waals surface area contributed by atoms with Gasteiger partial charge in [-0.2, -0.15) is 0 Å². The Morgan fingerprint density at radius 3 is 2.17 bits per heavy atom. The molecule has 0 radical (unpaired) electrons. The van der Waals surface area contributed by atoms with E-state index in [1.54, 1.807) is 12.1 Å². The van der Waals surface area contributed by atoms with Crippen molar-refractivity contribution < 1.29 is 31.9 Å². The maximum Gasteiger partial charge on any atom is 0.244 e. The second kappa shape index (κ2) is 13.7. The molecule has 0 saturated carbocycles. The van der Waals surface area contributed by atoms with Gasteiger partial charge in [-0.1, -0.05) is 48.5 Å². The molecule has 0 bridgehead atoms. The van der Waals surface area contributed by atoms with Crippen LogP contribution in [0.4, 0.5) is 10.1 Å². The van der Waals surface area contributed by atoms with Gasteiger partial charge in [-0.3, -0.25) is 13.9 Å². The predicted octanol–water partition coefficient (Wildman–Crippen LogP) is 4.16. The highest BCUT2D eigenvalue weighted by Crippen LogP contribution is 2.34. The molecule has 3 aromatic carbocycles. The fraction of sp³-hybridized carbons (Fsp3) is 0.355. The number of hydrogen-bond donors (Lipinski definition) is 1. The smallest absolute Gasteiger partial charge is 0.244 e. The van der Waals surface area contributed by atoms with Crippen molar-refractivity contribution >= 4 is 27.5 Å². The quantitative estimate of drug-likeness (QED) is 0.335. The number of ether oxygens (including phenoxy) is 2. The average molecular weight is 600 g/mol. The number of anilines is 1. The minimum Gasteiger partial charge on any atom is -0.497 e. The third-order valence-corrected chi connectivity index (χ3v) is 7.53. The van der Waals surface area contributed by atoms with Crippen LogP contribution in [0.25, 0.3) is 0 Å². The number of rotatable bonds is 12. The Kier molecular flexibility index (Phi) is 10.6. The van der Waals surface area contributed by atoms with Crippen LogP contribution < -0.4 is 19.1 Å². The summed E-state index contributed by atoms with van der Waals surface area (Å²) in [6.45, 7) is 4.51. The van der Waals surface area contributed by atoms with Crippen LogP contribution in [-0.2, 0) is 32.6 Å². The lowest BCUT2D eigenvalue weighted by Crippen LogP contribution is -2.56. The van der Waals surface area contributed by atoms with Crippen LogP contribution in [-0.4, -0.2) is 63.7 Å². The number of carbonyl (C=O) groups is 2. The van der Waals surface area contributed by atoms with E-state index in [-0.39, 0.29) is 30.0 Å². The Balaban J connectivity index is 2.12. The zero-order chi connectivity index (χ0) is 31.1. The van der Waals surface area contributed by atoms with E-state index in [0.29, 0.717) is 5.75 Å². The number of sulfonamides is 1. The first-order chi connectivity index (χ1) is 19.7. The summed E-state index contributed by atoms with van der Waals surface area (Å²) in [6.07, 6.45) is 1.09. The first-order valence-corrected chi connectivity index (χ1v) is 15.2. The van der Waals surface area contributed by atoms with Gasteiger partial charge < -0.3 is 19.7 Å². The van der Waals surface area contributed by atoms with Gasteiger partial charge in [0.05, 0.1) is 26.2 Å². The van der Waals surface area contributed by atoms with Crippen LogP contribution in [0.1, 0.15) is 31.9 Å². The molecular weight excluding hydrogens is 561 g/mol. The molecule has 0 aliphatic heterocycles. The average Bonchev–Trinajstić information content (AvgIpc) is 2.93. The summed E-state index contributed by atoms with van der Waals surface area (Å²) in [4.78, 5) is 29.1. The van der Waals surface area contributed by atoms with Crippen LogP contribution in [0, 0.1) is 5.82 Å². The third-order valence-electron chi connectivity index (χ3n) is 6.40. The molecule has 0 fully saturated rings. The van der Waals surface area contributed by atoms with E-state index in [1.165, 1.54) is 49.5 Å². The Bertz CT molecular complexity index is 1490. The molecule has 11 heteroatoms. The van der Waals surface area contributed by atoms with Crippen molar-refractivity contribution in [3.8, 4) is 11.5 Å². The van der Waals surface area contributed by atoms with E-state index in [9.17, 15) is 22.4 Å². The number of methoxy groups -OCH3 is 2. The van der Waals surface area contributed by atoms with Gasteiger partial charge in [0.25, 0.3) is 0 Å². The summed E-state index contributed by atoms with van der Waals surface area (Å²) in [7, 11) is -1.19. The predicted molar refractivity (Wildman–Crippen MR) is 161 cm³/mol. The maximum absolute atomic E-state index is 14.9. The normalized spacial score (nSPS) is 12.3. The van der Waals surface area contributed by atoms with E-state index < -0.39 is 45.8 Å². The van der Waals surface area contributed by atoms with E-state index in [2.05, 4.69) is 5.32 Å². The van der Waals surface area contributed by atoms with Crippen molar-refractivity contribution in [2.75, 3.05) is 31.3 Å². The Labute approximate surface area is 247 Å². The molecule has 0 heterocycles. The van der Waals surface area contributed by atoms with Crippen LogP contribution in [0.15, 0.2) is 72.8 Å². The van der Waals surface area contributed by atoms with Crippen molar-refractivity contribution in [2.45, 2.75) is 45.3 Å². The summed E-state index contributed by atoms with van der Waals surface area (Å²) in [6, 6.07) is 18.5. The number of amides is 2. The molecule has 0 aromatic heterocycles. The molecule has 1 atom stereocenters. The highest BCUT2D eigenvalue weighted by Gasteiger charge is 2.35. The summed E-state index contributed by atoms with van der Waals surface area (Å²) in [5.41, 5.74) is 0.433. The number of nitrogens with zero attached hydrogens (tertiary/aromatic N) is 2. The molecule has 2 amide bonds. The molecule has 1 N–H and O–H groups in total. The molecule has 3 aromatic rings. The first-order valence-electron chi connectivity index (χ1n) is 13.3. The van der Waals surface area contributed by atoms with Crippen molar-refractivity contribution in [3.05, 3.63) is 89.7 Å². The van der Waals surface area contributed by atoms with E-state index >= 15 is 0 Å². The molecule has 0 aliphatic rings. The van der Waals surface area contributed by atoms with Gasteiger partial charge in [-0.15, -0.1) is 0 Å². The number of benzene rings is 3. The highest BCUT2D eigenvalue weighted by atomic mass is 32.2. The Hall–Kier alpha value is -4.12. The topological polar surface area (TPSA) is 105 Å². The fourth-order valence-corrected chi connectivity index (χ4v) is 5.26. The second-order valence-corrected chi connectivity index (χ2v) is 12.8. The van der Waals surface area contributed by atoms with Crippen molar-refractivity contribution in [1.29, 1.82) is 0 Å². The van der Waals surface area contributed by atoms with Crippen LogP contribution >= 0.6 is 0 Å². The summed E-state index contributed by atoms with van der Waals surface area (Å²) in [5.74, 6) is -1.12. The molecule has 0 spiro atoms. The van der Waals surface area contributed by atoms with Gasteiger partial charge in [-0.05, 0) is 44.5 Å². The van der Waals surface area contributed by atoms with Crippen molar-refractivity contribution in [2.24, 2.45) is 0 Å². The van der Waals surface area contributed by atoms with Gasteiger partial charge in [0.2, 0.25) is 21.8 Å². The zero-order valence-corrected chi connectivity index (χ0v) is 25.6. The Morgan fingerprint density at radius 2 is 1.60 bits per heavy atom. The van der Waals surface area contributed by atoms with E-state index in [4.69, 9.17) is 9.47 Å². The molecular formula is C31H38FN3O6S. The van der Waals surface area contributed by atoms with Crippen LogP contribution in [0.2, 0.25) is 0 Å². The van der Waals surface area contributed by atoms with E-state index in [0.717, 1.165) is 16.1 Å². The number of halogens is 1. The minimum atomic E-state index is -4.02. The molecule has 3 rings (SSSR count).